The van der Waals surface area contributed by atoms with E-state index in [4.69, 9.17) is 0 Å². The molecule has 0 radical (unpaired) electrons. The van der Waals surface area contributed by atoms with Crippen molar-refractivity contribution in [2.24, 2.45) is 0 Å². The van der Waals surface area contributed by atoms with Crippen LogP contribution >= 0.6 is 0 Å². The predicted molar refractivity (Wildman–Crippen MR) is 77.2 cm³/mol. The van der Waals surface area contributed by atoms with E-state index in [1.54, 1.807) is 0 Å². The maximum atomic E-state index is 12.2. The first-order valence-electron chi connectivity index (χ1n) is 6.56. The largest absolute Gasteiger partial charge is 0.385 e. The topological polar surface area (TPSA) is 41.1 Å². The molecule has 1 rings (SSSR count). The van der Waals surface area contributed by atoms with Crippen molar-refractivity contribution in [3.63, 3.8) is 0 Å². The van der Waals surface area contributed by atoms with E-state index in [2.05, 4.69) is 24.5 Å². The number of aryl methyl sites for hydroxylation is 1. The highest BCUT2D eigenvalue weighted by atomic mass is 16.1. The molecule has 3 nitrogen and oxygen atoms in total. The first-order valence-corrected chi connectivity index (χ1v) is 6.56. The van der Waals surface area contributed by atoms with Crippen molar-refractivity contribution in [1.29, 1.82) is 0 Å². The summed E-state index contributed by atoms with van der Waals surface area (Å²) in [6.45, 7) is 11.0. The lowest BCUT2D eigenvalue weighted by atomic mass is 10.00. The summed E-state index contributed by atoms with van der Waals surface area (Å²) < 4.78 is 0. The molecule has 0 aliphatic rings. The molecular weight excluding hydrogens is 224 g/mol. The molecule has 0 bridgehead atoms. The number of carbonyl (C=O) groups excluding carboxylic acids is 1. The van der Waals surface area contributed by atoms with Gasteiger partial charge in [-0.1, -0.05) is 6.92 Å². The fourth-order valence-electron chi connectivity index (χ4n) is 1.70. The van der Waals surface area contributed by atoms with Gasteiger partial charge in [-0.25, -0.2) is 0 Å². The van der Waals surface area contributed by atoms with Gasteiger partial charge in [-0.15, -0.1) is 0 Å². The molecule has 100 valence electrons. The standard InChI is InChI=1S/C15H24N2O/c1-6-15(4,5)17-14(18)13-9-8-12(16-7-2)10-11(13)3/h8-10,16H,6-7H2,1-5H3,(H,17,18). The van der Waals surface area contributed by atoms with Crippen LogP contribution in [-0.4, -0.2) is 18.0 Å². The lowest BCUT2D eigenvalue weighted by Crippen LogP contribution is -2.43. The Bertz CT molecular complexity index is 425. The molecule has 0 aliphatic heterocycles. The number of hydrogen-bond acceptors (Lipinski definition) is 2. The van der Waals surface area contributed by atoms with Crippen LogP contribution < -0.4 is 10.6 Å². The van der Waals surface area contributed by atoms with Crippen LogP contribution in [0.1, 0.15) is 50.0 Å². The van der Waals surface area contributed by atoms with Gasteiger partial charge in [0, 0.05) is 23.3 Å². The summed E-state index contributed by atoms with van der Waals surface area (Å²) in [4.78, 5) is 12.2. The van der Waals surface area contributed by atoms with Crippen molar-refractivity contribution in [2.45, 2.75) is 46.6 Å². The predicted octanol–water partition coefficient (Wildman–Crippen LogP) is 3.35. The van der Waals surface area contributed by atoms with Gasteiger partial charge in [-0.2, -0.15) is 0 Å². The van der Waals surface area contributed by atoms with Crippen LogP contribution in [0.2, 0.25) is 0 Å². The SMILES string of the molecule is CCNc1ccc(C(=O)NC(C)(C)CC)c(C)c1. The third-order valence-corrected chi connectivity index (χ3v) is 3.19. The van der Waals surface area contributed by atoms with Crippen molar-refractivity contribution in [3.8, 4) is 0 Å². The Kier molecular flexibility index (Phi) is 4.76. The Hall–Kier alpha value is -1.51. The fraction of sp³-hybridized carbons (Fsp3) is 0.533. The van der Waals surface area contributed by atoms with Gasteiger partial charge in [0.15, 0.2) is 0 Å². The molecule has 1 amide bonds. The Morgan fingerprint density at radius 3 is 2.44 bits per heavy atom. The van der Waals surface area contributed by atoms with Crippen LogP contribution in [0.4, 0.5) is 5.69 Å². The van der Waals surface area contributed by atoms with Crippen LogP contribution in [0.15, 0.2) is 18.2 Å². The Morgan fingerprint density at radius 2 is 1.94 bits per heavy atom. The summed E-state index contributed by atoms with van der Waals surface area (Å²) in [7, 11) is 0. The number of nitrogens with one attached hydrogen (secondary N) is 2. The number of carbonyl (C=O) groups is 1. The van der Waals surface area contributed by atoms with Crippen molar-refractivity contribution < 1.29 is 4.79 Å². The fourth-order valence-corrected chi connectivity index (χ4v) is 1.70. The smallest absolute Gasteiger partial charge is 0.251 e. The molecule has 0 aliphatic carbocycles. The number of rotatable bonds is 5. The minimum absolute atomic E-state index is 0.00222. The third kappa shape index (κ3) is 3.76. The van der Waals surface area contributed by atoms with Crippen LogP contribution in [-0.2, 0) is 0 Å². The zero-order valence-electron chi connectivity index (χ0n) is 12.1. The minimum Gasteiger partial charge on any atom is -0.385 e. The molecule has 0 saturated carbocycles. The summed E-state index contributed by atoms with van der Waals surface area (Å²) in [5, 5.41) is 6.30. The van der Waals surface area contributed by atoms with Gasteiger partial charge in [-0.3, -0.25) is 4.79 Å². The summed E-state index contributed by atoms with van der Waals surface area (Å²) in [5.41, 5.74) is 2.64. The van der Waals surface area contributed by atoms with Crippen LogP contribution in [0, 0.1) is 6.92 Å². The van der Waals surface area contributed by atoms with Crippen LogP contribution in [0.25, 0.3) is 0 Å². The zero-order chi connectivity index (χ0) is 13.8. The van der Waals surface area contributed by atoms with E-state index in [1.807, 2.05) is 39.0 Å². The molecule has 0 spiro atoms. The van der Waals surface area contributed by atoms with Gasteiger partial charge in [0.1, 0.15) is 0 Å². The molecule has 0 fully saturated rings. The molecule has 0 aromatic heterocycles. The molecule has 1 aromatic rings. The van der Waals surface area contributed by atoms with E-state index in [-0.39, 0.29) is 11.4 Å². The lowest BCUT2D eigenvalue weighted by Gasteiger charge is -2.25. The minimum atomic E-state index is -0.163. The second-order valence-corrected chi connectivity index (χ2v) is 5.25. The quantitative estimate of drug-likeness (QED) is 0.839. The van der Waals surface area contributed by atoms with E-state index < -0.39 is 0 Å². The van der Waals surface area contributed by atoms with E-state index in [1.165, 1.54) is 0 Å². The summed E-state index contributed by atoms with van der Waals surface area (Å²) in [6.07, 6.45) is 0.910. The summed E-state index contributed by atoms with van der Waals surface area (Å²) in [5.74, 6) is 0.00222. The monoisotopic (exact) mass is 248 g/mol. The Balaban J connectivity index is 2.87. The second-order valence-electron chi connectivity index (χ2n) is 5.25. The van der Waals surface area contributed by atoms with Crippen molar-refractivity contribution in [3.05, 3.63) is 29.3 Å². The lowest BCUT2D eigenvalue weighted by molar-refractivity contribution is 0.0910. The highest BCUT2D eigenvalue weighted by Gasteiger charge is 2.19. The highest BCUT2D eigenvalue weighted by Crippen LogP contribution is 2.16. The van der Waals surface area contributed by atoms with Crippen molar-refractivity contribution >= 4 is 11.6 Å². The first-order chi connectivity index (χ1) is 8.39. The maximum absolute atomic E-state index is 12.2. The van der Waals surface area contributed by atoms with Crippen molar-refractivity contribution in [2.75, 3.05) is 11.9 Å². The number of anilines is 1. The Morgan fingerprint density at radius 1 is 1.28 bits per heavy atom. The molecule has 18 heavy (non-hydrogen) atoms. The van der Waals surface area contributed by atoms with Gasteiger partial charge in [-0.05, 0) is 57.9 Å². The molecule has 0 unspecified atom stereocenters. The number of benzene rings is 1. The zero-order valence-corrected chi connectivity index (χ0v) is 12.1. The van der Waals surface area contributed by atoms with Gasteiger partial charge in [0.25, 0.3) is 5.91 Å². The number of hydrogen-bond donors (Lipinski definition) is 2. The molecule has 0 saturated heterocycles. The Labute approximate surface area is 110 Å². The first kappa shape index (κ1) is 14.6. The van der Waals surface area contributed by atoms with Crippen LogP contribution in [0.5, 0.6) is 0 Å². The molecule has 2 N–H and O–H groups in total. The second kappa shape index (κ2) is 5.89. The molecule has 0 heterocycles. The molecule has 1 aromatic carbocycles. The third-order valence-electron chi connectivity index (χ3n) is 3.19. The average molecular weight is 248 g/mol. The molecule has 3 heteroatoms. The van der Waals surface area contributed by atoms with Gasteiger partial charge in [0.2, 0.25) is 0 Å². The maximum Gasteiger partial charge on any atom is 0.251 e. The normalized spacial score (nSPS) is 11.2. The van der Waals surface area contributed by atoms with Gasteiger partial charge < -0.3 is 10.6 Å². The summed E-state index contributed by atoms with van der Waals surface area (Å²) >= 11 is 0. The van der Waals surface area contributed by atoms with E-state index in [0.29, 0.717) is 0 Å². The van der Waals surface area contributed by atoms with E-state index in [0.717, 1.165) is 29.8 Å². The highest BCUT2D eigenvalue weighted by molar-refractivity contribution is 5.96. The average Bonchev–Trinajstić information content (AvgIpc) is 2.29. The van der Waals surface area contributed by atoms with Gasteiger partial charge in [0.05, 0.1) is 0 Å². The van der Waals surface area contributed by atoms with Crippen molar-refractivity contribution in [1.82, 2.24) is 5.32 Å². The molecular formula is C15H24N2O. The van der Waals surface area contributed by atoms with E-state index >= 15 is 0 Å². The summed E-state index contributed by atoms with van der Waals surface area (Å²) in [6, 6.07) is 5.84. The van der Waals surface area contributed by atoms with Crippen LogP contribution in [0.3, 0.4) is 0 Å². The number of amides is 1. The molecule has 0 atom stereocenters. The van der Waals surface area contributed by atoms with E-state index in [9.17, 15) is 4.79 Å². The van der Waals surface area contributed by atoms with Gasteiger partial charge >= 0.3 is 0 Å².